The molecule has 1 unspecified atom stereocenters. The topological polar surface area (TPSA) is 0 Å². The number of quaternary nitrogens is 1. The number of hydrogen-bond donors (Lipinski definition) is 0. The highest BCUT2D eigenvalue weighted by atomic mass is 35.5. The van der Waals surface area contributed by atoms with Gasteiger partial charge in [0.15, 0.2) is 0 Å². The first-order chi connectivity index (χ1) is 11.8. The summed E-state index contributed by atoms with van der Waals surface area (Å²) in [6.45, 7) is 12.7. The summed E-state index contributed by atoms with van der Waals surface area (Å²) in [6, 6.07) is 0.917. The van der Waals surface area contributed by atoms with Gasteiger partial charge in [0.2, 0.25) is 0 Å². The summed E-state index contributed by atoms with van der Waals surface area (Å²) in [4.78, 5) is 0. The van der Waals surface area contributed by atoms with Crippen LogP contribution in [0.3, 0.4) is 0 Å². The smallest absolute Gasteiger partial charge is 0.0973 e. The van der Waals surface area contributed by atoms with Crippen LogP contribution in [0.1, 0.15) is 110 Å². The SMILES string of the molecule is C=CC[N+](CC)(CCCCCCCCCCCC)C1CCCCC1.[Cl-]. The van der Waals surface area contributed by atoms with Crippen LogP contribution in [0, 0.1) is 0 Å². The zero-order chi connectivity index (χ0) is 17.5. The summed E-state index contributed by atoms with van der Waals surface area (Å²) in [5.74, 6) is 0. The molecule has 1 fully saturated rings. The zero-order valence-corrected chi connectivity index (χ0v) is 18.2. The molecule has 0 spiro atoms. The standard InChI is InChI=1S/C23H46N.ClH/c1-4-7-8-9-10-11-12-13-14-18-22-24(6-3,21-5-2)23-19-16-15-17-20-23;/h5,23H,2,4,6-22H2,1,3H3;1H/q+1;/p-1. The molecule has 25 heavy (non-hydrogen) atoms. The molecule has 0 radical (unpaired) electrons. The molecule has 1 aliphatic carbocycles. The van der Waals surface area contributed by atoms with Crippen molar-refractivity contribution < 1.29 is 16.9 Å². The quantitative estimate of drug-likeness (QED) is 0.229. The summed E-state index contributed by atoms with van der Waals surface area (Å²) in [7, 11) is 0. The second kappa shape index (κ2) is 16.2. The Hall–Kier alpha value is -0.0100. The minimum atomic E-state index is 0. The second-order valence-corrected chi connectivity index (χ2v) is 8.20. The predicted molar refractivity (Wildman–Crippen MR) is 109 cm³/mol. The molecular formula is C23H46ClN. The Bertz CT molecular complexity index is 298. The fourth-order valence-electron chi connectivity index (χ4n) is 4.77. The van der Waals surface area contributed by atoms with Crippen molar-refractivity contribution in [1.82, 2.24) is 0 Å². The van der Waals surface area contributed by atoms with E-state index in [-0.39, 0.29) is 12.4 Å². The van der Waals surface area contributed by atoms with Crippen molar-refractivity contribution in [2.45, 2.75) is 116 Å². The predicted octanol–water partition coefficient (Wildman–Crippen LogP) is 4.27. The molecule has 1 nitrogen and oxygen atoms in total. The number of halogens is 1. The van der Waals surface area contributed by atoms with Gasteiger partial charge in [-0.3, -0.25) is 0 Å². The van der Waals surface area contributed by atoms with Crippen molar-refractivity contribution in [3.63, 3.8) is 0 Å². The Kier molecular flexibility index (Phi) is 16.2. The average molecular weight is 372 g/mol. The molecule has 1 saturated carbocycles. The van der Waals surface area contributed by atoms with Crippen molar-refractivity contribution in [1.29, 1.82) is 0 Å². The third-order valence-electron chi connectivity index (χ3n) is 6.43. The number of hydrogen-bond acceptors (Lipinski definition) is 0. The van der Waals surface area contributed by atoms with Crippen LogP contribution in [0.2, 0.25) is 0 Å². The molecule has 0 aliphatic heterocycles. The van der Waals surface area contributed by atoms with Gasteiger partial charge in [-0.05, 0) is 51.5 Å². The minimum Gasteiger partial charge on any atom is -1.00 e. The molecular weight excluding hydrogens is 326 g/mol. The van der Waals surface area contributed by atoms with Gasteiger partial charge in [-0.1, -0.05) is 71.3 Å². The molecule has 0 aromatic carbocycles. The molecule has 0 aromatic rings. The highest BCUT2D eigenvalue weighted by Crippen LogP contribution is 2.29. The van der Waals surface area contributed by atoms with Crippen molar-refractivity contribution in [3.8, 4) is 0 Å². The van der Waals surface area contributed by atoms with Crippen LogP contribution in [-0.2, 0) is 0 Å². The Morgan fingerprint density at radius 1 is 0.800 bits per heavy atom. The number of unbranched alkanes of at least 4 members (excludes halogenated alkanes) is 9. The molecule has 1 rings (SSSR count). The van der Waals surface area contributed by atoms with Crippen LogP contribution in [-0.4, -0.2) is 30.2 Å². The summed E-state index contributed by atoms with van der Waals surface area (Å²) >= 11 is 0. The van der Waals surface area contributed by atoms with E-state index in [0.29, 0.717) is 0 Å². The monoisotopic (exact) mass is 371 g/mol. The molecule has 2 heteroatoms. The van der Waals surface area contributed by atoms with Crippen molar-refractivity contribution >= 4 is 0 Å². The molecule has 0 aromatic heterocycles. The first-order valence-corrected chi connectivity index (χ1v) is 11.3. The maximum atomic E-state index is 4.07. The first kappa shape index (κ1) is 25.0. The molecule has 0 heterocycles. The van der Waals surface area contributed by atoms with Gasteiger partial charge in [-0.2, -0.15) is 0 Å². The summed E-state index contributed by atoms with van der Waals surface area (Å²) in [5.41, 5.74) is 0. The van der Waals surface area contributed by atoms with E-state index < -0.39 is 0 Å². The molecule has 0 saturated heterocycles. The van der Waals surface area contributed by atoms with Crippen LogP contribution in [0.4, 0.5) is 0 Å². The molecule has 150 valence electrons. The molecule has 1 atom stereocenters. The fourth-order valence-corrected chi connectivity index (χ4v) is 4.77. The van der Waals surface area contributed by atoms with Crippen LogP contribution < -0.4 is 12.4 Å². The normalized spacial score (nSPS) is 17.7. The molecule has 0 bridgehead atoms. The first-order valence-electron chi connectivity index (χ1n) is 11.3. The van der Waals surface area contributed by atoms with E-state index >= 15 is 0 Å². The van der Waals surface area contributed by atoms with E-state index in [1.807, 2.05) is 0 Å². The summed E-state index contributed by atoms with van der Waals surface area (Å²) in [5, 5.41) is 0. The maximum Gasteiger partial charge on any atom is 0.0973 e. The lowest BCUT2D eigenvalue weighted by atomic mass is 9.91. The van der Waals surface area contributed by atoms with Gasteiger partial charge in [0, 0.05) is 0 Å². The lowest BCUT2D eigenvalue weighted by Crippen LogP contribution is -3.00. The van der Waals surface area contributed by atoms with E-state index in [1.54, 1.807) is 0 Å². The average Bonchev–Trinajstić information content (AvgIpc) is 2.63. The Morgan fingerprint density at radius 3 is 1.80 bits per heavy atom. The van der Waals surface area contributed by atoms with Crippen molar-refractivity contribution in [3.05, 3.63) is 12.7 Å². The van der Waals surface area contributed by atoms with Gasteiger partial charge in [0.1, 0.15) is 0 Å². The van der Waals surface area contributed by atoms with E-state index in [1.165, 1.54) is 120 Å². The third-order valence-corrected chi connectivity index (χ3v) is 6.43. The van der Waals surface area contributed by atoms with Crippen molar-refractivity contribution in [2.24, 2.45) is 0 Å². The van der Waals surface area contributed by atoms with Gasteiger partial charge in [0.05, 0.1) is 25.7 Å². The lowest BCUT2D eigenvalue weighted by molar-refractivity contribution is -0.946. The lowest BCUT2D eigenvalue weighted by Gasteiger charge is -2.45. The third kappa shape index (κ3) is 10.0. The van der Waals surface area contributed by atoms with Gasteiger partial charge < -0.3 is 16.9 Å². The van der Waals surface area contributed by atoms with Gasteiger partial charge in [-0.15, -0.1) is 0 Å². The Morgan fingerprint density at radius 2 is 1.32 bits per heavy atom. The van der Waals surface area contributed by atoms with Gasteiger partial charge in [-0.25, -0.2) is 0 Å². The Balaban J connectivity index is 0.00000576. The number of rotatable bonds is 15. The number of nitrogens with zero attached hydrogens (tertiary/aromatic N) is 1. The molecule has 0 amide bonds. The van der Waals surface area contributed by atoms with E-state index in [9.17, 15) is 0 Å². The largest absolute Gasteiger partial charge is 1.00 e. The highest BCUT2D eigenvalue weighted by molar-refractivity contribution is 4.73. The summed E-state index contributed by atoms with van der Waals surface area (Å²) < 4.78 is 1.33. The van der Waals surface area contributed by atoms with Crippen LogP contribution in [0.15, 0.2) is 12.7 Å². The van der Waals surface area contributed by atoms with Crippen LogP contribution in [0.25, 0.3) is 0 Å². The minimum absolute atomic E-state index is 0. The number of likely N-dealkylation sites (N-methyl/N-ethyl adjacent to an activating group) is 1. The van der Waals surface area contributed by atoms with E-state index in [2.05, 4.69) is 26.5 Å². The van der Waals surface area contributed by atoms with E-state index in [4.69, 9.17) is 0 Å². The van der Waals surface area contributed by atoms with Gasteiger partial charge in [0.25, 0.3) is 0 Å². The zero-order valence-electron chi connectivity index (χ0n) is 17.4. The molecule has 1 aliphatic rings. The fraction of sp³-hybridized carbons (Fsp3) is 0.913. The maximum absolute atomic E-state index is 4.07. The summed E-state index contributed by atoms with van der Waals surface area (Å²) in [6.07, 6.45) is 23.9. The van der Waals surface area contributed by atoms with Crippen molar-refractivity contribution in [2.75, 3.05) is 19.6 Å². The highest BCUT2D eigenvalue weighted by Gasteiger charge is 2.34. The van der Waals surface area contributed by atoms with Gasteiger partial charge >= 0.3 is 0 Å². The Labute approximate surface area is 165 Å². The second-order valence-electron chi connectivity index (χ2n) is 8.20. The van der Waals surface area contributed by atoms with E-state index in [0.717, 1.165) is 6.04 Å². The van der Waals surface area contributed by atoms with Crippen LogP contribution in [0.5, 0.6) is 0 Å². The van der Waals surface area contributed by atoms with Crippen LogP contribution >= 0.6 is 0 Å². The molecule has 0 N–H and O–H groups in total.